The first-order valence-electron chi connectivity index (χ1n) is 6.76. The van der Waals surface area contributed by atoms with Crippen LogP contribution in [0.25, 0.3) is 27.2 Å². The lowest BCUT2D eigenvalue weighted by Gasteiger charge is -2.09. The average Bonchev–Trinajstić information content (AvgIpc) is 2.62. The second-order valence-corrected chi connectivity index (χ2v) is 4.72. The van der Waals surface area contributed by atoms with Gasteiger partial charge in [0.25, 0.3) is 0 Å². The van der Waals surface area contributed by atoms with Crippen molar-refractivity contribution < 1.29 is 0 Å². The highest BCUT2D eigenvalue weighted by Gasteiger charge is 2.10. The number of hydrogen-bond acceptors (Lipinski definition) is 2. The first-order valence-corrected chi connectivity index (χ1v) is 6.76. The lowest BCUT2D eigenvalue weighted by atomic mass is 9.98. The fourth-order valence-electron chi connectivity index (χ4n) is 2.35. The lowest BCUT2D eigenvalue weighted by molar-refractivity contribution is 1.32. The monoisotopic (exact) mass is 281 g/mol. The summed E-state index contributed by atoms with van der Waals surface area (Å²) in [5, 5.41) is 9.03. The van der Waals surface area contributed by atoms with Crippen molar-refractivity contribution in [2.24, 2.45) is 0 Å². The number of nitriles is 1. The van der Waals surface area contributed by atoms with Gasteiger partial charge in [0.15, 0.2) is 0 Å². The SMILES string of the molecule is [C-]#[N+]c1cc(-c2ncccc2-c2ccccc2)ccc1C#N. The molecule has 1 aromatic heterocycles. The molecule has 102 valence electrons. The van der Waals surface area contributed by atoms with Crippen molar-refractivity contribution in [3.8, 4) is 28.5 Å². The molecule has 1 heterocycles. The summed E-state index contributed by atoms with van der Waals surface area (Å²) in [6.45, 7) is 7.22. The molecule has 0 atom stereocenters. The van der Waals surface area contributed by atoms with Gasteiger partial charge in [0.2, 0.25) is 5.69 Å². The minimum absolute atomic E-state index is 0.352. The third kappa shape index (κ3) is 2.44. The van der Waals surface area contributed by atoms with E-state index in [-0.39, 0.29) is 0 Å². The van der Waals surface area contributed by atoms with Crippen LogP contribution in [0.3, 0.4) is 0 Å². The summed E-state index contributed by atoms with van der Waals surface area (Å²) in [5.41, 5.74) is 4.45. The first kappa shape index (κ1) is 13.5. The molecule has 0 radical (unpaired) electrons. The van der Waals surface area contributed by atoms with Crippen molar-refractivity contribution in [3.05, 3.63) is 83.8 Å². The third-order valence-electron chi connectivity index (χ3n) is 3.40. The van der Waals surface area contributed by atoms with Crippen LogP contribution in [-0.4, -0.2) is 4.98 Å². The zero-order valence-corrected chi connectivity index (χ0v) is 11.7. The van der Waals surface area contributed by atoms with Gasteiger partial charge in [0, 0.05) is 11.8 Å². The summed E-state index contributed by atoms with van der Waals surface area (Å²) in [7, 11) is 0. The second kappa shape index (κ2) is 5.91. The number of aromatic nitrogens is 1. The number of nitrogens with zero attached hydrogens (tertiary/aromatic N) is 3. The highest BCUT2D eigenvalue weighted by molar-refractivity contribution is 5.82. The van der Waals surface area contributed by atoms with Crippen LogP contribution in [-0.2, 0) is 0 Å². The van der Waals surface area contributed by atoms with Crippen LogP contribution in [0.15, 0.2) is 66.9 Å². The molecule has 0 aliphatic carbocycles. The van der Waals surface area contributed by atoms with E-state index in [1.165, 1.54) is 0 Å². The van der Waals surface area contributed by atoms with E-state index in [1.54, 1.807) is 18.3 Å². The minimum Gasteiger partial charge on any atom is -0.256 e. The zero-order chi connectivity index (χ0) is 15.4. The Morgan fingerprint density at radius 2 is 1.77 bits per heavy atom. The van der Waals surface area contributed by atoms with Crippen molar-refractivity contribution in [2.45, 2.75) is 0 Å². The second-order valence-electron chi connectivity index (χ2n) is 4.72. The van der Waals surface area contributed by atoms with Gasteiger partial charge in [0.05, 0.1) is 23.9 Å². The molecule has 0 saturated heterocycles. The van der Waals surface area contributed by atoms with Crippen molar-refractivity contribution in [1.82, 2.24) is 4.98 Å². The van der Waals surface area contributed by atoms with Crippen LogP contribution in [0.1, 0.15) is 5.56 Å². The first-order chi connectivity index (χ1) is 10.8. The maximum Gasteiger partial charge on any atom is 0.205 e. The van der Waals surface area contributed by atoms with Crippen LogP contribution < -0.4 is 0 Å². The van der Waals surface area contributed by atoms with Crippen molar-refractivity contribution in [2.75, 3.05) is 0 Å². The van der Waals surface area contributed by atoms with E-state index in [9.17, 15) is 0 Å². The van der Waals surface area contributed by atoms with Gasteiger partial charge in [-0.1, -0.05) is 48.5 Å². The van der Waals surface area contributed by atoms with Crippen LogP contribution in [0, 0.1) is 17.9 Å². The Morgan fingerprint density at radius 3 is 2.50 bits per heavy atom. The summed E-state index contributed by atoms with van der Waals surface area (Å²) < 4.78 is 0. The van der Waals surface area contributed by atoms with Gasteiger partial charge in [-0.05, 0) is 23.3 Å². The zero-order valence-electron chi connectivity index (χ0n) is 11.7. The molecule has 2 aromatic carbocycles. The Bertz CT molecular complexity index is 900. The number of hydrogen-bond donors (Lipinski definition) is 0. The van der Waals surface area contributed by atoms with E-state index in [0.29, 0.717) is 11.3 Å². The highest BCUT2D eigenvalue weighted by Crippen LogP contribution is 2.33. The van der Waals surface area contributed by atoms with Crippen LogP contribution in [0.5, 0.6) is 0 Å². The third-order valence-corrected chi connectivity index (χ3v) is 3.40. The minimum atomic E-state index is 0.352. The fourth-order valence-corrected chi connectivity index (χ4v) is 2.35. The highest BCUT2D eigenvalue weighted by atomic mass is 14.7. The normalized spacial score (nSPS) is 9.73. The standard InChI is InChI=1S/C19H11N3/c1-21-18-12-15(9-10-16(18)13-20)19-17(8-5-11-22-19)14-6-3-2-4-7-14/h2-12H. The van der Waals surface area contributed by atoms with Crippen molar-refractivity contribution >= 4 is 5.69 Å². The summed E-state index contributed by atoms with van der Waals surface area (Å²) in [6.07, 6.45) is 1.73. The molecular formula is C19H11N3. The van der Waals surface area contributed by atoms with E-state index < -0.39 is 0 Å². The van der Waals surface area contributed by atoms with E-state index in [2.05, 4.69) is 9.83 Å². The van der Waals surface area contributed by atoms with E-state index in [1.807, 2.05) is 54.6 Å². The van der Waals surface area contributed by atoms with Gasteiger partial charge < -0.3 is 0 Å². The maximum absolute atomic E-state index is 9.03. The fraction of sp³-hybridized carbons (Fsp3) is 0. The smallest absolute Gasteiger partial charge is 0.205 e. The van der Waals surface area contributed by atoms with Crippen LogP contribution in [0.2, 0.25) is 0 Å². The molecule has 0 unspecified atom stereocenters. The van der Waals surface area contributed by atoms with Gasteiger partial charge in [-0.3, -0.25) is 4.98 Å². The summed E-state index contributed by atoms with van der Waals surface area (Å²) in [6, 6.07) is 21.2. The molecular weight excluding hydrogens is 270 g/mol. The van der Waals surface area contributed by atoms with Gasteiger partial charge in [-0.25, -0.2) is 4.85 Å². The molecule has 0 amide bonds. The molecule has 0 bridgehead atoms. The van der Waals surface area contributed by atoms with Crippen LogP contribution >= 0.6 is 0 Å². The van der Waals surface area contributed by atoms with E-state index in [4.69, 9.17) is 11.8 Å². The predicted molar refractivity (Wildman–Crippen MR) is 86.1 cm³/mol. The number of pyridine rings is 1. The van der Waals surface area contributed by atoms with Crippen LogP contribution in [0.4, 0.5) is 5.69 Å². The van der Waals surface area contributed by atoms with E-state index >= 15 is 0 Å². The molecule has 3 rings (SSSR count). The molecule has 0 aliphatic heterocycles. The molecule has 0 fully saturated rings. The van der Waals surface area contributed by atoms with Gasteiger partial charge >= 0.3 is 0 Å². The summed E-state index contributed by atoms with van der Waals surface area (Å²) in [5.74, 6) is 0. The predicted octanol–water partition coefficient (Wildman–Crippen LogP) is 4.84. The van der Waals surface area contributed by atoms with Crippen molar-refractivity contribution in [1.29, 1.82) is 5.26 Å². The molecule has 0 N–H and O–H groups in total. The molecule has 3 aromatic rings. The topological polar surface area (TPSA) is 41.0 Å². The Morgan fingerprint density at radius 1 is 0.955 bits per heavy atom. The molecule has 22 heavy (non-hydrogen) atoms. The summed E-state index contributed by atoms with van der Waals surface area (Å²) in [4.78, 5) is 7.90. The lowest BCUT2D eigenvalue weighted by Crippen LogP contribution is -1.89. The number of benzene rings is 2. The quantitative estimate of drug-likeness (QED) is 0.631. The average molecular weight is 281 g/mol. The maximum atomic E-state index is 9.03. The molecule has 3 heteroatoms. The van der Waals surface area contributed by atoms with Crippen molar-refractivity contribution in [3.63, 3.8) is 0 Å². The Balaban J connectivity index is 2.19. The molecule has 0 aliphatic rings. The van der Waals surface area contributed by atoms with Gasteiger partial charge in [0.1, 0.15) is 0 Å². The molecule has 0 saturated carbocycles. The molecule has 3 nitrogen and oxygen atoms in total. The Kier molecular flexibility index (Phi) is 3.64. The van der Waals surface area contributed by atoms with Gasteiger partial charge in [-0.2, -0.15) is 5.26 Å². The van der Waals surface area contributed by atoms with Gasteiger partial charge in [-0.15, -0.1) is 0 Å². The molecule has 0 spiro atoms. The summed E-state index contributed by atoms with van der Waals surface area (Å²) >= 11 is 0. The van der Waals surface area contributed by atoms with E-state index in [0.717, 1.165) is 22.4 Å². The number of rotatable bonds is 2. The Labute approximate surface area is 128 Å². The Hall–Kier alpha value is -3.43. The largest absolute Gasteiger partial charge is 0.256 e.